The van der Waals surface area contributed by atoms with Gasteiger partial charge in [-0.05, 0) is 47.4 Å². The van der Waals surface area contributed by atoms with E-state index in [9.17, 15) is 9.59 Å². The van der Waals surface area contributed by atoms with Crippen molar-refractivity contribution in [3.05, 3.63) is 42.0 Å². The normalized spacial score (nSPS) is 17.3. The number of nitrogens with zero attached hydrogens (tertiary/aromatic N) is 1. The van der Waals surface area contributed by atoms with E-state index in [-0.39, 0.29) is 11.8 Å². The molecule has 3 rings (SSSR count). The number of nitrogens with two attached hydrogens (primary N) is 1. The van der Waals surface area contributed by atoms with Crippen LogP contribution in [0.1, 0.15) is 18.4 Å². The number of nitrogens with one attached hydrogen (secondary N) is 1. The molecule has 1 heterocycles. The van der Waals surface area contributed by atoms with Crippen LogP contribution in [0.5, 0.6) is 5.75 Å². The van der Waals surface area contributed by atoms with Crippen LogP contribution in [0.3, 0.4) is 0 Å². The molecule has 25 heavy (non-hydrogen) atoms. The maximum absolute atomic E-state index is 12.4. The summed E-state index contributed by atoms with van der Waals surface area (Å²) in [5.41, 5.74) is 6.35. The standard InChI is InChI=1S/C19H23N3O3/c1-25-17-7-6-14-9-13(4-5-15(14)10-17)11-21-18(23)16-3-2-8-22(12-16)19(20)24/h4-7,9-10,16H,2-3,8,11-12H2,1H3,(H2,20,24)(H,21,23)/t16-/m1/s1. The summed E-state index contributed by atoms with van der Waals surface area (Å²) in [6, 6.07) is 11.5. The molecule has 3 amide bonds. The van der Waals surface area contributed by atoms with E-state index in [1.165, 1.54) is 4.90 Å². The lowest BCUT2D eigenvalue weighted by Crippen LogP contribution is -2.47. The molecule has 0 bridgehead atoms. The number of methoxy groups -OCH3 is 1. The number of fused-ring (bicyclic) bond motifs is 1. The highest BCUT2D eigenvalue weighted by Crippen LogP contribution is 2.22. The molecule has 0 unspecified atom stereocenters. The van der Waals surface area contributed by atoms with Crippen molar-refractivity contribution >= 4 is 22.7 Å². The smallest absolute Gasteiger partial charge is 0.314 e. The maximum atomic E-state index is 12.4. The molecule has 132 valence electrons. The minimum absolute atomic E-state index is 0.0271. The van der Waals surface area contributed by atoms with Gasteiger partial charge >= 0.3 is 6.03 Å². The van der Waals surface area contributed by atoms with Crippen LogP contribution >= 0.6 is 0 Å². The number of carbonyl (C=O) groups excluding carboxylic acids is 2. The predicted molar refractivity (Wildman–Crippen MR) is 96.2 cm³/mol. The summed E-state index contributed by atoms with van der Waals surface area (Å²) in [5.74, 6) is 0.608. The number of piperidine rings is 1. The van der Waals surface area contributed by atoms with Gasteiger partial charge in [-0.1, -0.05) is 18.2 Å². The highest BCUT2D eigenvalue weighted by atomic mass is 16.5. The van der Waals surface area contributed by atoms with E-state index in [2.05, 4.69) is 11.4 Å². The van der Waals surface area contributed by atoms with Crippen LogP contribution in [0.2, 0.25) is 0 Å². The Morgan fingerprint density at radius 3 is 2.76 bits per heavy atom. The van der Waals surface area contributed by atoms with Gasteiger partial charge in [-0.25, -0.2) is 4.79 Å². The molecule has 0 saturated carbocycles. The molecule has 1 aliphatic rings. The third kappa shape index (κ3) is 4.02. The lowest BCUT2D eigenvalue weighted by molar-refractivity contribution is -0.126. The molecular formula is C19H23N3O3. The summed E-state index contributed by atoms with van der Waals surface area (Å²) in [4.78, 5) is 25.2. The van der Waals surface area contributed by atoms with E-state index < -0.39 is 6.03 Å². The Balaban J connectivity index is 1.62. The minimum atomic E-state index is -0.456. The number of primary amides is 1. The molecule has 1 saturated heterocycles. The van der Waals surface area contributed by atoms with Gasteiger partial charge in [-0.3, -0.25) is 4.79 Å². The van der Waals surface area contributed by atoms with Crippen LogP contribution < -0.4 is 15.8 Å². The first-order chi connectivity index (χ1) is 12.1. The van der Waals surface area contributed by atoms with Crippen LogP contribution in [0.15, 0.2) is 36.4 Å². The molecule has 0 aliphatic carbocycles. The number of amides is 3. The molecule has 6 nitrogen and oxygen atoms in total. The molecule has 1 fully saturated rings. The Labute approximate surface area is 146 Å². The number of carbonyl (C=O) groups is 2. The first-order valence-corrected chi connectivity index (χ1v) is 8.45. The fourth-order valence-corrected chi connectivity index (χ4v) is 3.24. The molecule has 2 aromatic rings. The third-order valence-corrected chi connectivity index (χ3v) is 4.68. The zero-order chi connectivity index (χ0) is 17.8. The van der Waals surface area contributed by atoms with E-state index in [0.29, 0.717) is 19.6 Å². The SMILES string of the molecule is COc1ccc2cc(CNC(=O)[C@@H]3CCCN(C(N)=O)C3)ccc2c1. The Morgan fingerprint density at radius 1 is 1.24 bits per heavy atom. The summed E-state index contributed by atoms with van der Waals surface area (Å²) in [5, 5.41) is 5.17. The van der Waals surface area contributed by atoms with E-state index >= 15 is 0 Å². The number of likely N-dealkylation sites (tertiary alicyclic amines) is 1. The predicted octanol–water partition coefficient (Wildman–Crippen LogP) is 2.26. The average molecular weight is 341 g/mol. The summed E-state index contributed by atoms with van der Waals surface area (Å²) in [7, 11) is 1.65. The highest BCUT2D eigenvalue weighted by molar-refractivity contribution is 5.85. The van der Waals surface area contributed by atoms with Crippen molar-refractivity contribution in [1.29, 1.82) is 0 Å². The van der Waals surface area contributed by atoms with E-state index in [1.54, 1.807) is 7.11 Å². The first-order valence-electron chi connectivity index (χ1n) is 8.45. The Hall–Kier alpha value is -2.76. The lowest BCUT2D eigenvalue weighted by atomic mass is 9.97. The number of hydrogen-bond acceptors (Lipinski definition) is 3. The number of rotatable bonds is 4. The van der Waals surface area contributed by atoms with Gasteiger partial charge in [-0.15, -0.1) is 0 Å². The molecule has 0 radical (unpaired) electrons. The van der Waals surface area contributed by atoms with Gasteiger partial charge in [-0.2, -0.15) is 0 Å². The van der Waals surface area contributed by atoms with E-state index in [4.69, 9.17) is 10.5 Å². The molecule has 0 spiro atoms. The van der Waals surface area contributed by atoms with Crippen molar-refractivity contribution in [2.75, 3.05) is 20.2 Å². The van der Waals surface area contributed by atoms with Crippen LogP contribution in [-0.4, -0.2) is 37.0 Å². The van der Waals surface area contributed by atoms with Gasteiger partial charge in [0, 0.05) is 19.6 Å². The molecule has 0 aromatic heterocycles. The summed E-state index contributed by atoms with van der Waals surface area (Å²) in [6.45, 7) is 1.50. The Kier molecular flexibility index (Phi) is 5.07. The number of ether oxygens (including phenoxy) is 1. The van der Waals surface area contributed by atoms with Crippen molar-refractivity contribution in [1.82, 2.24) is 10.2 Å². The third-order valence-electron chi connectivity index (χ3n) is 4.68. The van der Waals surface area contributed by atoms with Gasteiger partial charge in [0.05, 0.1) is 13.0 Å². The van der Waals surface area contributed by atoms with E-state index in [0.717, 1.165) is 34.9 Å². The fourth-order valence-electron chi connectivity index (χ4n) is 3.24. The van der Waals surface area contributed by atoms with Gasteiger partial charge in [0.2, 0.25) is 5.91 Å². The van der Waals surface area contributed by atoms with Crippen LogP contribution in [-0.2, 0) is 11.3 Å². The van der Waals surface area contributed by atoms with Crippen molar-refractivity contribution < 1.29 is 14.3 Å². The van der Waals surface area contributed by atoms with Gasteiger partial charge in [0.15, 0.2) is 0 Å². The number of urea groups is 1. The van der Waals surface area contributed by atoms with Crippen molar-refractivity contribution in [3.63, 3.8) is 0 Å². The number of hydrogen-bond donors (Lipinski definition) is 2. The van der Waals surface area contributed by atoms with Crippen molar-refractivity contribution in [2.24, 2.45) is 11.7 Å². The zero-order valence-electron chi connectivity index (χ0n) is 14.3. The molecule has 1 aliphatic heterocycles. The Bertz CT molecular complexity index is 791. The quantitative estimate of drug-likeness (QED) is 0.894. The second-order valence-corrected chi connectivity index (χ2v) is 6.39. The van der Waals surface area contributed by atoms with Crippen LogP contribution in [0.25, 0.3) is 10.8 Å². The first kappa shape index (κ1) is 17.1. The number of benzene rings is 2. The maximum Gasteiger partial charge on any atom is 0.314 e. The Morgan fingerprint density at radius 2 is 2.00 bits per heavy atom. The minimum Gasteiger partial charge on any atom is -0.497 e. The van der Waals surface area contributed by atoms with Gasteiger partial charge < -0.3 is 20.7 Å². The summed E-state index contributed by atoms with van der Waals surface area (Å²) < 4.78 is 5.23. The zero-order valence-corrected chi connectivity index (χ0v) is 14.3. The molecule has 6 heteroatoms. The molecular weight excluding hydrogens is 318 g/mol. The second-order valence-electron chi connectivity index (χ2n) is 6.39. The monoisotopic (exact) mass is 341 g/mol. The highest BCUT2D eigenvalue weighted by Gasteiger charge is 2.27. The molecule has 3 N–H and O–H groups in total. The van der Waals surface area contributed by atoms with Gasteiger partial charge in [0.25, 0.3) is 0 Å². The van der Waals surface area contributed by atoms with Gasteiger partial charge in [0.1, 0.15) is 5.75 Å². The average Bonchev–Trinajstić information content (AvgIpc) is 2.65. The second kappa shape index (κ2) is 7.42. The van der Waals surface area contributed by atoms with Crippen LogP contribution in [0.4, 0.5) is 4.79 Å². The summed E-state index contributed by atoms with van der Waals surface area (Å²) >= 11 is 0. The largest absolute Gasteiger partial charge is 0.497 e. The topological polar surface area (TPSA) is 84.7 Å². The molecule has 1 atom stereocenters. The van der Waals surface area contributed by atoms with Crippen LogP contribution in [0, 0.1) is 5.92 Å². The van der Waals surface area contributed by atoms with Crippen molar-refractivity contribution in [2.45, 2.75) is 19.4 Å². The fraction of sp³-hybridized carbons (Fsp3) is 0.368. The molecule has 2 aromatic carbocycles. The summed E-state index contributed by atoms with van der Waals surface area (Å²) in [6.07, 6.45) is 1.59. The lowest BCUT2D eigenvalue weighted by Gasteiger charge is -2.30. The van der Waals surface area contributed by atoms with Crippen molar-refractivity contribution in [3.8, 4) is 5.75 Å². The van der Waals surface area contributed by atoms with E-state index in [1.807, 2.05) is 30.3 Å².